The fraction of sp³-hybridized carbons (Fsp3) is 0.156. The number of benzene rings is 3. The predicted molar refractivity (Wildman–Crippen MR) is 159 cm³/mol. The molecule has 1 saturated heterocycles. The highest BCUT2D eigenvalue weighted by molar-refractivity contribution is 7.17. The van der Waals surface area contributed by atoms with Crippen LogP contribution in [0.5, 0.6) is 0 Å². The second-order valence-electron chi connectivity index (χ2n) is 9.77. The number of rotatable bonds is 8. The lowest BCUT2D eigenvalue weighted by Gasteiger charge is -2.25. The molecule has 3 heterocycles. The van der Waals surface area contributed by atoms with Crippen LogP contribution < -0.4 is 11.2 Å². The number of H-pyrrole nitrogens is 1. The van der Waals surface area contributed by atoms with Crippen molar-refractivity contribution in [1.29, 1.82) is 0 Å². The second-order valence-corrected chi connectivity index (χ2v) is 10.7. The predicted octanol–water partition coefficient (Wildman–Crippen LogP) is 3.96. The van der Waals surface area contributed by atoms with Crippen LogP contribution in [0.4, 0.5) is 0 Å². The lowest BCUT2D eigenvalue weighted by Crippen LogP contribution is -2.43. The Hall–Kier alpha value is -5.33. The zero-order valence-corrected chi connectivity index (χ0v) is 23.7. The molecule has 6 rings (SSSR count). The van der Waals surface area contributed by atoms with Crippen LogP contribution in [0.25, 0.3) is 10.2 Å². The van der Waals surface area contributed by atoms with Crippen molar-refractivity contribution in [3.8, 4) is 0 Å². The van der Waals surface area contributed by atoms with Gasteiger partial charge in [0.25, 0.3) is 5.56 Å². The molecule has 44 heavy (non-hydrogen) atoms. The van der Waals surface area contributed by atoms with Gasteiger partial charge < -0.3 is 18.9 Å². The monoisotopic (exact) mass is 612 g/mol. The summed E-state index contributed by atoms with van der Waals surface area (Å²) in [6.07, 6.45) is -5.29. The minimum absolute atomic E-state index is 0.202. The largest absolute Gasteiger partial charge is 0.459 e. The summed E-state index contributed by atoms with van der Waals surface area (Å²) >= 11 is 1.11. The fourth-order valence-corrected chi connectivity index (χ4v) is 5.68. The highest BCUT2D eigenvalue weighted by Gasteiger charge is 2.52. The molecule has 4 atom stereocenters. The van der Waals surface area contributed by atoms with Crippen molar-refractivity contribution < 1.29 is 33.3 Å². The Morgan fingerprint density at radius 2 is 1.25 bits per heavy atom. The number of thiophene rings is 1. The molecule has 0 spiro atoms. The Kier molecular flexibility index (Phi) is 8.17. The van der Waals surface area contributed by atoms with Crippen LogP contribution in [0.2, 0.25) is 0 Å². The summed E-state index contributed by atoms with van der Waals surface area (Å²) in [5.41, 5.74) is -0.499. The van der Waals surface area contributed by atoms with E-state index in [4.69, 9.17) is 18.9 Å². The molecule has 0 saturated carbocycles. The minimum atomic E-state index is -1.40. The number of nitrogens with zero attached hydrogens (tertiary/aromatic N) is 1. The Morgan fingerprint density at radius 3 is 1.82 bits per heavy atom. The Balaban J connectivity index is 1.41. The maximum Gasteiger partial charge on any atom is 0.338 e. The van der Waals surface area contributed by atoms with E-state index in [2.05, 4.69) is 4.98 Å². The molecule has 12 heteroatoms. The highest BCUT2D eigenvalue weighted by atomic mass is 32.1. The topological polar surface area (TPSA) is 143 Å². The van der Waals surface area contributed by atoms with Crippen molar-refractivity contribution in [2.75, 3.05) is 6.61 Å². The highest BCUT2D eigenvalue weighted by Crippen LogP contribution is 2.36. The Bertz CT molecular complexity index is 1920. The van der Waals surface area contributed by atoms with Crippen LogP contribution in [-0.2, 0) is 18.9 Å². The van der Waals surface area contributed by atoms with E-state index in [1.165, 1.54) is 0 Å². The van der Waals surface area contributed by atoms with Crippen molar-refractivity contribution >= 4 is 39.5 Å². The molecular weight excluding hydrogens is 588 g/mol. The van der Waals surface area contributed by atoms with E-state index in [0.717, 1.165) is 15.9 Å². The van der Waals surface area contributed by atoms with Crippen LogP contribution in [0.15, 0.2) is 112 Å². The average Bonchev–Trinajstić information content (AvgIpc) is 3.67. The van der Waals surface area contributed by atoms with Crippen LogP contribution in [0.1, 0.15) is 37.3 Å². The van der Waals surface area contributed by atoms with Gasteiger partial charge in [-0.1, -0.05) is 54.6 Å². The molecule has 1 fully saturated rings. The van der Waals surface area contributed by atoms with Crippen molar-refractivity contribution in [1.82, 2.24) is 9.55 Å². The second kappa shape index (κ2) is 12.5. The minimum Gasteiger partial charge on any atom is -0.459 e. The molecule has 1 aliphatic heterocycles. The molecule has 3 aromatic carbocycles. The summed E-state index contributed by atoms with van der Waals surface area (Å²) in [5, 5.41) is 1.63. The van der Waals surface area contributed by atoms with Gasteiger partial charge in [-0.05, 0) is 47.8 Å². The quantitative estimate of drug-likeness (QED) is 0.204. The number of ether oxygens (including phenoxy) is 4. The van der Waals surface area contributed by atoms with E-state index in [9.17, 15) is 24.0 Å². The number of carbonyl (C=O) groups excluding carboxylic acids is 3. The number of hydrogen-bond donors (Lipinski definition) is 1. The standard InChI is InChI=1S/C32H24N2O9S/c35-27-26-22(16-17-44-26)34(32(39)33-27)28-25(43-31(38)21-14-8-3-9-15-21)24(42-30(37)20-12-6-2-7-13-20)23(41-28)18-40-29(36)19-10-4-1-5-11-19/h1-17,23-25,28H,18H2,(H,33,35,39)/t23-,24?,25?,28-/m1/s1. The molecule has 222 valence electrons. The van der Waals surface area contributed by atoms with Gasteiger partial charge in [-0.25, -0.2) is 19.2 Å². The molecule has 5 aromatic rings. The van der Waals surface area contributed by atoms with Crippen molar-refractivity contribution in [2.24, 2.45) is 0 Å². The molecule has 1 N–H and O–H groups in total. The lowest BCUT2D eigenvalue weighted by atomic mass is 10.1. The number of carbonyl (C=O) groups is 3. The number of nitrogens with one attached hydrogen (secondary N) is 1. The third-order valence-corrected chi connectivity index (χ3v) is 7.89. The average molecular weight is 613 g/mol. The van der Waals surface area contributed by atoms with Crippen LogP contribution in [0, 0.1) is 0 Å². The van der Waals surface area contributed by atoms with Gasteiger partial charge in [-0.2, -0.15) is 0 Å². The van der Waals surface area contributed by atoms with Gasteiger partial charge in [0.05, 0.1) is 22.2 Å². The van der Waals surface area contributed by atoms with Crippen molar-refractivity contribution in [3.63, 3.8) is 0 Å². The SMILES string of the molecule is O=C(OC[C@H]1O[C@@H](n2c(=O)[nH]c(=O)c3sccc32)C(OC(=O)c2ccccc2)C1OC(=O)c1ccccc1)c1ccccc1. The molecule has 0 radical (unpaired) electrons. The number of esters is 3. The number of hydrogen-bond acceptors (Lipinski definition) is 10. The zero-order chi connectivity index (χ0) is 30.6. The fourth-order valence-electron chi connectivity index (χ4n) is 4.90. The van der Waals surface area contributed by atoms with E-state index >= 15 is 0 Å². The van der Waals surface area contributed by atoms with Gasteiger partial charge in [0.2, 0.25) is 0 Å². The van der Waals surface area contributed by atoms with Gasteiger partial charge >= 0.3 is 23.6 Å². The third kappa shape index (κ3) is 5.80. The summed E-state index contributed by atoms with van der Waals surface area (Å²) in [6.45, 7) is -0.415. The van der Waals surface area contributed by atoms with Crippen molar-refractivity contribution in [2.45, 2.75) is 24.5 Å². The number of aromatic amines is 1. The molecule has 0 bridgehead atoms. The van der Waals surface area contributed by atoms with Crippen LogP contribution in [0.3, 0.4) is 0 Å². The summed E-state index contributed by atoms with van der Waals surface area (Å²) < 4.78 is 25.0. The van der Waals surface area contributed by atoms with E-state index in [-0.39, 0.29) is 26.9 Å². The lowest BCUT2D eigenvalue weighted by molar-refractivity contribution is -0.0620. The first kappa shape index (κ1) is 28.8. The maximum atomic E-state index is 13.3. The first-order valence-electron chi connectivity index (χ1n) is 13.5. The number of aromatic nitrogens is 2. The first-order chi connectivity index (χ1) is 21.4. The van der Waals surface area contributed by atoms with Gasteiger partial charge in [0.1, 0.15) is 17.4 Å². The van der Waals surface area contributed by atoms with Gasteiger partial charge in [0, 0.05) is 0 Å². The summed E-state index contributed by atoms with van der Waals surface area (Å²) in [6, 6.07) is 26.1. The molecule has 2 aromatic heterocycles. The molecule has 2 unspecified atom stereocenters. The summed E-state index contributed by atoms with van der Waals surface area (Å²) in [4.78, 5) is 67.5. The molecular formula is C32H24N2O9S. The summed E-state index contributed by atoms with van der Waals surface area (Å²) in [7, 11) is 0. The molecule has 1 aliphatic rings. The van der Waals surface area contributed by atoms with E-state index in [1.54, 1.807) is 102 Å². The number of fused-ring (bicyclic) bond motifs is 1. The Morgan fingerprint density at radius 1 is 0.727 bits per heavy atom. The van der Waals surface area contributed by atoms with Crippen LogP contribution in [-0.4, -0.2) is 52.4 Å². The van der Waals surface area contributed by atoms with Crippen LogP contribution >= 0.6 is 11.3 Å². The smallest absolute Gasteiger partial charge is 0.338 e. The normalized spacial score (nSPS) is 19.4. The third-order valence-electron chi connectivity index (χ3n) is 6.98. The molecule has 11 nitrogen and oxygen atoms in total. The molecule has 0 amide bonds. The van der Waals surface area contributed by atoms with Gasteiger partial charge in [-0.15, -0.1) is 11.3 Å². The maximum absolute atomic E-state index is 13.3. The van der Waals surface area contributed by atoms with E-state index in [0.29, 0.717) is 0 Å². The van der Waals surface area contributed by atoms with Gasteiger partial charge in [0.15, 0.2) is 18.4 Å². The first-order valence-corrected chi connectivity index (χ1v) is 14.4. The van der Waals surface area contributed by atoms with Gasteiger partial charge in [-0.3, -0.25) is 14.3 Å². The zero-order valence-electron chi connectivity index (χ0n) is 22.9. The van der Waals surface area contributed by atoms with Crippen molar-refractivity contribution in [3.05, 3.63) is 140 Å². The summed E-state index contributed by atoms with van der Waals surface area (Å²) in [5.74, 6) is -2.19. The van der Waals surface area contributed by atoms with E-state index < -0.39 is 60.3 Å². The molecule has 0 aliphatic carbocycles. The Labute approximate surface area is 253 Å². The van der Waals surface area contributed by atoms with E-state index in [1.807, 2.05) is 0 Å².